The summed E-state index contributed by atoms with van der Waals surface area (Å²) in [6.07, 6.45) is 0. The molecule has 0 N–H and O–H groups in total. The molecule has 0 aliphatic carbocycles. The van der Waals surface area contributed by atoms with Gasteiger partial charge in [0.05, 0.1) is 12.8 Å². The fraction of sp³-hybridized carbons (Fsp3) is 0.333. The average Bonchev–Trinajstić information content (AvgIpc) is 2.37. The first-order valence-corrected chi connectivity index (χ1v) is 7.00. The van der Waals surface area contributed by atoms with Crippen LogP contribution in [0.4, 0.5) is 4.39 Å². The van der Waals surface area contributed by atoms with E-state index in [0.717, 1.165) is 0 Å². The summed E-state index contributed by atoms with van der Waals surface area (Å²) in [5, 5.41) is 0. The summed E-state index contributed by atoms with van der Waals surface area (Å²) in [5.74, 6) is 0.444. The summed E-state index contributed by atoms with van der Waals surface area (Å²) < 4.78 is 20.0. The molecule has 0 saturated heterocycles. The van der Waals surface area contributed by atoms with Crippen molar-refractivity contribution in [2.45, 2.75) is 26.2 Å². The summed E-state index contributed by atoms with van der Waals surface area (Å²) in [7, 11) is 1.44. The van der Waals surface area contributed by atoms with Gasteiger partial charge in [-0.1, -0.05) is 26.8 Å². The topological polar surface area (TPSA) is 35.0 Å². The standard InChI is InChI=1S/C15H16BrFN2O/c1-15(2,3)14-18-10(8-12(16)19-14)9-6-5-7-11(20-4)13(9)17/h5-8H,1-4H3. The van der Waals surface area contributed by atoms with E-state index in [1.165, 1.54) is 7.11 Å². The predicted molar refractivity (Wildman–Crippen MR) is 80.4 cm³/mol. The van der Waals surface area contributed by atoms with Gasteiger partial charge in [-0.2, -0.15) is 0 Å². The van der Waals surface area contributed by atoms with Gasteiger partial charge in [0.1, 0.15) is 10.4 Å². The Morgan fingerprint density at radius 3 is 2.50 bits per heavy atom. The van der Waals surface area contributed by atoms with E-state index in [2.05, 4.69) is 25.9 Å². The predicted octanol–water partition coefficient (Wildman–Crippen LogP) is 4.35. The van der Waals surface area contributed by atoms with Gasteiger partial charge >= 0.3 is 0 Å². The van der Waals surface area contributed by atoms with Crippen LogP contribution < -0.4 is 4.74 Å². The number of rotatable bonds is 2. The smallest absolute Gasteiger partial charge is 0.174 e. The second-order valence-electron chi connectivity index (χ2n) is 5.47. The maximum absolute atomic E-state index is 14.3. The lowest BCUT2D eigenvalue weighted by Crippen LogP contribution is -2.16. The van der Waals surface area contributed by atoms with Crippen molar-refractivity contribution < 1.29 is 9.13 Å². The largest absolute Gasteiger partial charge is 0.494 e. The zero-order valence-corrected chi connectivity index (χ0v) is 13.5. The van der Waals surface area contributed by atoms with Crippen molar-refractivity contribution in [3.05, 3.63) is 40.5 Å². The Morgan fingerprint density at radius 1 is 1.20 bits per heavy atom. The van der Waals surface area contributed by atoms with Gasteiger partial charge < -0.3 is 4.74 Å². The number of hydrogen-bond acceptors (Lipinski definition) is 3. The second-order valence-corrected chi connectivity index (χ2v) is 6.28. The molecule has 1 heterocycles. The minimum absolute atomic E-state index is 0.203. The monoisotopic (exact) mass is 338 g/mol. The van der Waals surface area contributed by atoms with E-state index in [0.29, 0.717) is 21.7 Å². The van der Waals surface area contributed by atoms with Gasteiger partial charge in [0.2, 0.25) is 0 Å². The van der Waals surface area contributed by atoms with E-state index < -0.39 is 5.82 Å². The highest BCUT2D eigenvalue weighted by Gasteiger charge is 2.20. The molecule has 0 amide bonds. The molecular weight excluding hydrogens is 323 g/mol. The molecule has 0 bridgehead atoms. The minimum atomic E-state index is -0.416. The zero-order valence-electron chi connectivity index (χ0n) is 11.9. The molecular formula is C15H16BrFN2O. The number of nitrogens with zero attached hydrogens (tertiary/aromatic N) is 2. The fourth-order valence-electron chi connectivity index (χ4n) is 1.76. The van der Waals surface area contributed by atoms with Crippen LogP contribution in [-0.4, -0.2) is 17.1 Å². The fourth-order valence-corrected chi connectivity index (χ4v) is 2.14. The van der Waals surface area contributed by atoms with Gasteiger partial charge in [-0.25, -0.2) is 14.4 Å². The van der Waals surface area contributed by atoms with Crippen LogP contribution in [-0.2, 0) is 5.41 Å². The minimum Gasteiger partial charge on any atom is -0.494 e. The van der Waals surface area contributed by atoms with Crippen molar-refractivity contribution in [2.24, 2.45) is 0 Å². The van der Waals surface area contributed by atoms with E-state index in [-0.39, 0.29) is 11.2 Å². The lowest BCUT2D eigenvalue weighted by Gasteiger charge is -2.18. The van der Waals surface area contributed by atoms with Gasteiger partial charge in [-0.05, 0) is 34.1 Å². The van der Waals surface area contributed by atoms with E-state index in [9.17, 15) is 4.39 Å². The molecule has 20 heavy (non-hydrogen) atoms. The van der Waals surface area contributed by atoms with Crippen molar-refractivity contribution >= 4 is 15.9 Å². The zero-order chi connectivity index (χ0) is 14.9. The Hall–Kier alpha value is -1.49. The molecule has 0 saturated carbocycles. The van der Waals surface area contributed by atoms with Gasteiger partial charge in [0, 0.05) is 11.0 Å². The van der Waals surface area contributed by atoms with Crippen LogP contribution >= 0.6 is 15.9 Å². The van der Waals surface area contributed by atoms with Crippen molar-refractivity contribution in [1.82, 2.24) is 9.97 Å². The van der Waals surface area contributed by atoms with E-state index in [4.69, 9.17) is 4.74 Å². The van der Waals surface area contributed by atoms with Crippen LogP contribution in [0.15, 0.2) is 28.9 Å². The maximum atomic E-state index is 14.3. The number of ether oxygens (including phenoxy) is 1. The molecule has 0 radical (unpaired) electrons. The maximum Gasteiger partial charge on any atom is 0.174 e. The summed E-state index contributed by atoms with van der Waals surface area (Å²) in [6, 6.07) is 6.70. The van der Waals surface area contributed by atoms with Crippen molar-refractivity contribution in [3.63, 3.8) is 0 Å². The molecule has 0 unspecified atom stereocenters. The van der Waals surface area contributed by atoms with Crippen molar-refractivity contribution in [1.29, 1.82) is 0 Å². The van der Waals surface area contributed by atoms with Crippen LogP contribution in [0.5, 0.6) is 5.75 Å². The molecule has 106 valence electrons. The number of aromatic nitrogens is 2. The van der Waals surface area contributed by atoms with Gasteiger partial charge in [-0.3, -0.25) is 0 Å². The highest BCUT2D eigenvalue weighted by atomic mass is 79.9. The summed E-state index contributed by atoms with van der Waals surface area (Å²) in [5.41, 5.74) is 0.722. The van der Waals surface area contributed by atoms with Gasteiger partial charge in [0.15, 0.2) is 11.6 Å². The van der Waals surface area contributed by atoms with Crippen molar-refractivity contribution in [3.8, 4) is 17.0 Å². The molecule has 0 aliphatic heterocycles. The Morgan fingerprint density at radius 2 is 1.90 bits per heavy atom. The highest BCUT2D eigenvalue weighted by Crippen LogP contribution is 2.30. The average molecular weight is 339 g/mol. The van der Waals surface area contributed by atoms with Crippen molar-refractivity contribution in [2.75, 3.05) is 7.11 Å². The Labute approximate surface area is 126 Å². The van der Waals surface area contributed by atoms with Crippen LogP contribution in [0.3, 0.4) is 0 Å². The Bertz CT molecular complexity index is 638. The first-order valence-electron chi connectivity index (χ1n) is 6.21. The third kappa shape index (κ3) is 2.98. The third-order valence-electron chi connectivity index (χ3n) is 2.82. The number of methoxy groups -OCH3 is 1. The Balaban J connectivity index is 2.62. The molecule has 2 aromatic rings. The molecule has 2 rings (SSSR count). The first-order chi connectivity index (χ1) is 9.32. The molecule has 3 nitrogen and oxygen atoms in total. The highest BCUT2D eigenvalue weighted by molar-refractivity contribution is 9.10. The first kappa shape index (κ1) is 14.9. The van der Waals surface area contributed by atoms with E-state index in [1.54, 1.807) is 24.3 Å². The SMILES string of the molecule is COc1cccc(-c2cc(Br)nc(C(C)(C)C)n2)c1F. The number of hydrogen-bond donors (Lipinski definition) is 0. The van der Waals surface area contributed by atoms with E-state index in [1.807, 2.05) is 20.8 Å². The molecule has 1 aromatic heterocycles. The number of halogens is 2. The lowest BCUT2D eigenvalue weighted by atomic mass is 9.95. The van der Waals surface area contributed by atoms with E-state index >= 15 is 0 Å². The second kappa shape index (κ2) is 5.48. The quantitative estimate of drug-likeness (QED) is 0.763. The molecule has 1 aromatic carbocycles. The van der Waals surface area contributed by atoms with Crippen LogP contribution in [0.2, 0.25) is 0 Å². The normalized spacial score (nSPS) is 11.5. The molecule has 0 fully saturated rings. The third-order valence-corrected chi connectivity index (χ3v) is 3.23. The molecule has 0 aliphatic rings. The molecule has 0 atom stereocenters. The summed E-state index contributed by atoms with van der Waals surface area (Å²) in [4.78, 5) is 8.83. The van der Waals surface area contributed by atoms with Crippen LogP contribution in [0.1, 0.15) is 26.6 Å². The summed E-state index contributed by atoms with van der Waals surface area (Å²) in [6.45, 7) is 6.04. The molecule has 0 spiro atoms. The molecule has 5 heteroatoms. The van der Waals surface area contributed by atoms with Gasteiger partial charge in [-0.15, -0.1) is 0 Å². The Kier molecular flexibility index (Phi) is 4.09. The van der Waals surface area contributed by atoms with Gasteiger partial charge in [0.25, 0.3) is 0 Å². The van der Waals surface area contributed by atoms with Crippen LogP contribution in [0, 0.1) is 5.82 Å². The van der Waals surface area contributed by atoms with Crippen LogP contribution in [0.25, 0.3) is 11.3 Å². The lowest BCUT2D eigenvalue weighted by molar-refractivity contribution is 0.387. The summed E-state index contributed by atoms with van der Waals surface area (Å²) >= 11 is 3.36. The number of benzene rings is 1.